The SMILES string of the molecule is O=C1[C@@]2(c3ccccc3)C(c3ccccc3)=C(c3ccccc3)[C@@]1(c1ccccc1)[C@H]1[C@H]2[C@H]2O[C@H]1c1cc3c(cc12)[C@H]1CC[C@H]3O1. The van der Waals surface area contributed by atoms with Gasteiger partial charge in [-0.15, -0.1) is 0 Å². The first-order valence-corrected chi connectivity index (χ1v) is 16.7. The van der Waals surface area contributed by atoms with Crippen molar-refractivity contribution in [3.05, 3.63) is 178 Å². The molecule has 5 aromatic rings. The third kappa shape index (κ3) is 2.79. The monoisotopic (exact) mass is 596 g/mol. The highest BCUT2D eigenvalue weighted by Crippen LogP contribution is 2.81. The van der Waals surface area contributed by atoms with Crippen LogP contribution in [0.5, 0.6) is 0 Å². The van der Waals surface area contributed by atoms with Gasteiger partial charge in [-0.2, -0.15) is 0 Å². The number of rotatable bonds is 4. The van der Waals surface area contributed by atoms with E-state index in [9.17, 15) is 0 Å². The van der Waals surface area contributed by atoms with Crippen LogP contribution in [0, 0.1) is 11.8 Å². The van der Waals surface area contributed by atoms with Gasteiger partial charge >= 0.3 is 0 Å². The lowest BCUT2D eigenvalue weighted by Gasteiger charge is -2.45. The highest BCUT2D eigenvalue weighted by Gasteiger charge is 2.82. The predicted octanol–water partition coefficient (Wildman–Crippen LogP) is 9.03. The molecule has 0 aromatic heterocycles. The summed E-state index contributed by atoms with van der Waals surface area (Å²) in [4.78, 5) is 16.3. The van der Waals surface area contributed by atoms with Crippen LogP contribution in [0.25, 0.3) is 11.1 Å². The van der Waals surface area contributed by atoms with Crippen LogP contribution >= 0.6 is 0 Å². The predicted molar refractivity (Wildman–Crippen MR) is 177 cm³/mol. The Bertz CT molecular complexity index is 1960. The van der Waals surface area contributed by atoms with Crippen molar-refractivity contribution >= 4 is 16.9 Å². The Labute approximate surface area is 268 Å². The van der Waals surface area contributed by atoms with Gasteiger partial charge in [0, 0.05) is 11.8 Å². The fourth-order valence-corrected chi connectivity index (χ4v) is 10.9. The van der Waals surface area contributed by atoms with Crippen LogP contribution < -0.4 is 0 Å². The van der Waals surface area contributed by atoms with E-state index in [0.29, 0.717) is 5.78 Å². The molecule has 2 aliphatic carbocycles. The van der Waals surface area contributed by atoms with E-state index in [2.05, 4.69) is 133 Å². The minimum absolute atomic E-state index is 0.0552. The third-order valence-electron chi connectivity index (χ3n) is 12.3. The zero-order valence-electron chi connectivity index (χ0n) is 25.3. The van der Waals surface area contributed by atoms with Gasteiger partial charge < -0.3 is 9.47 Å². The first-order chi connectivity index (χ1) is 22.7. The Morgan fingerprint density at radius 3 is 1.28 bits per heavy atom. The molecule has 3 heteroatoms. The second-order valence-electron chi connectivity index (χ2n) is 14.0. The number of allylic oxidation sites excluding steroid dienone is 2. The molecule has 4 aliphatic heterocycles. The summed E-state index contributed by atoms with van der Waals surface area (Å²) in [7, 11) is 0. The van der Waals surface area contributed by atoms with Crippen molar-refractivity contribution in [2.24, 2.45) is 11.8 Å². The molecule has 46 heavy (non-hydrogen) atoms. The minimum Gasteiger partial charge on any atom is -0.366 e. The first-order valence-electron chi connectivity index (χ1n) is 16.7. The molecule has 6 aliphatic rings. The number of benzene rings is 5. The maximum absolute atomic E-state index is 16.3. The molecule has 11 rings (SSSR count). The molecule has 0 N–H and O–H groups in total. The molecule has 0 unspecified atom stereocenters. The average Bonchev–Trinajstić information content (AvgIpc) is 3.97. The number of Topliss-reactive ketones (excluding diaryl/α,β-unsaturated/α-hetero) is 1. The maximum Gasteiger partial charge on any atom is 0.163 e. The Morgan fingerprint density at radius 2 is 0.870 bits per heavy atom. The van der Waals surface area contributed by atoms with Crippen LogP contribution in [0.4, 0.5) is 0 Å². The fraction of sp³-hybridized carbons (Fsp3) is 0.233. The molecule has 0 radical (unpaired) electrons. The molecule has 3 fully saturated rings. The second-order valence-corrected chi connectivity index (χ2v) is 14.0. The van der Waals surface area contributed by atoms with E-state index in [0.717, 1.165) is 46.2 Å². The van der Waals surface area contributed by atoms with Crippen molar-refractivity contribution < 1.29 is 14.3 Å². The average molecular weight is 597 g/mol. The van der Waals surface area contributed by atoms with Gasteiger partial charge in [-0.1, -0.05) is 121 Å². The quantitative estimate of drug-likeness (QED) is 0.208. The van der Waals surface area contributed by atoms with Crippen LogP contribution in [-0.2, 0) is 25.1 Å². The largest absolute Gasteiger partial charge is 0.366 e. The van der Waals surface area contributed by atoms with Gasteiger partial charge in [0.2, 0.25) is 0 Å². The zero-order valence-corrected chi connectivity index (χ0v) is 25.3. The number of carbonyl (C=O) groups is 1. The molecule has 1 saturated carbocycles. The van der Waals surface area contributed by atoms with E-state index in [-0.39, 0.29) is 36.3 Å². The molecular weight excluding hydrogens is 564 g/mol. The van der Waals surface area contributed by atoms with Crippen molar-refractivity contribution in [2.75, 3.05) is 0 Å². The lowest BCUT2D eigenvalue weighted by atomic mass is 9.54. The molecular formula is C43H32O3. The summed E-state index contributed by atoms with van der Waals surface area (Å²) in [6, 6.07) is 47.5. The van der Waals surface area contributed by atoms with Crippen molar-refractivity contribution in [3.63, 3.8) is 0 Å². The maximum atomic E-state index is 16.3. The van der Waals surface area contributed by atoms with Gasteiger partial charge in [0.05, 0.1) is 35.2 Å². The lowest BCUT2D eigenvalue weighted by molar-refractivity contribution is -0.125. The van der Waals surface area contributed by atoms with Crippen LogP contribution in [0.15, 0.2) is 133 Å². The van der Waals surface area contributed by atoms with Crippen molar-refractivity contribution in [2.45, 2.75) is 48.1 Å². The number of ether oxygens (including phenoxy) is 2. The van der Waals surface area contributed by atoms with Gasteiger partial charge in [-0.05, 0) is 80.6 Å². The topological polar surface area (TPSA) is 35.5 Å². The van der Waals surface area contributed by atoms with Crippen molar-refractivity contribution in [3.8, 4) is 0 Å². The number of ketones is 1. The van der Waals surface area contributed by atoms with E-state index in [1.165, 1.54) is 22.3 Å². The summed E-state index contributed by atoms with van der Waals surface area (Å²) in [6.07, 6.45) is 2.18. The smallest absolute Gasteiger partial charge is 0.163 e. The van der Waals surface area contributed by atoms with Crippen molar-refractivity contribution in [1.82, 2.24) is 0 Å². The molecule has 6 bridgehead atoms. The van der Waals surface area contributed by atoms with Gasteiger partial charge in [0.15, 0.2) is 5.78 Å². The Balaban J connectivity index is 1.29. The highest BCUT2D eigenvalue weighted by atomic mass is 16.5. The molecule has 8 atom stereocenters. The molecule has 3 nitrogen and oxygen atoms in total. The Kier molecular flexibility index (Phi) is 4.91. The molecule has 2 saturated heterocycles. The van der Waals surface area contributed by atoms with E-state index in [1.807, 2.05) is 0 Å². The summed E-state index contributed by atoms with van der Waals surface area (Å²) in [6.45, 7) is 0. The third-order valence-corrected chi connectivity index (χ3v) is 12.3. The minimum atomic E-state index is -0.889. The zero-order chi connectivity index (χ0) is 30.2. The van der Waals surface area contributed by atoms with Gasteiger partial charge in [-0.25, -0.2) is 0 Å². The van der Waals surface area contributed by atoms with E-state index >= 15 is 4.79 Å². The van der Waals surface area contributed by atoms with E-state index in [4.69, 9.17) is 9.47 Å². The van der Waals surface area contributed by atoms with Crippen LogP contribution in [0.2, 0.25) is 0 Å². The Hall–Kier alpha value is -4.57. The number of fused-ring (bicyclic) bond motifs is 17. The summed E-state index contributed by atoms with van der Waals surface area (Å²) in [5.74, 6) is 0.188. The Morgan fingerprint density at radius 1 is 0.478 bits per heavy atom. The standard InChI is InChI=1S/C43H32O3/c44-41-42(27-17-9-3-10-18-27)35(25-13-5-1-6-14-25)36(26-15-7-2-8-16-26)43(41,28-19-11-4-12-20-28)38-37(42)39-31-23-29-30(24-32(31)40(38)46-39)34-22-21-33(29)45-34/h1-20,23-24,33-34,37-40H,21-22H2/t33-,34-,37+,38+,39+,40+,42+,43+/m1/s1. The van der Waals surface area contributed by atoms with E-state index < -0.39 is 10.8 Å². The van der Waals surface area contributed by atoms with Crippen LogP contribution in [-0.4, -0.2) is 5.78 Å². The first kappa shape index (κ1) is 25.6. The summed E-state index contributed by atoms with van der Waals surface area (Å²) in [5, 5.41) is 0. The number of hydrogen-bond donors (Lipinski definition) is 0. The van der Waals surface area contributed by atoms with Crippen LogP contribution in [0.3, 0.4) is 0 Å². The second kappa shape index (κ2) is 8.82. The molecule has 5 aromatic carbocycles. The lowest BCUT2D eigenvalue weighted by Crippen LogP contribution is -2.42. The number of hydrogen-bond acceptors (Lipinski definition) is 3. The normalized spacial score (nSPS) is 33.9. The van der Waals surface area contributed by atoms with Gasteiger partial charge in [0.1, 0.15) is 0 Å². The van der Waals surface area contributed by atoms with Crippen LogP contribution in [0.1, 0.15) is 81.8 Å². The molecule has 0 spiro atoms. The molecule has 0 amide bonds. The summed E-state index contributed by atoms with van der Waals surface area (Å²) >= 11 is 0. The summed E-state index contributed by atoms with van der Waals surface area (Å²) in [5.41, 5.74) is 10.1. The highest BCUT2D eigenvalue weighted by molar-refractivity contribution is 6.30. The van der Waals surface area contributed by atoms with Crippen molar-refractivity contribution in [1.29, 1.82) is 0 Å². The van der Waals surface area contributed by atoms with Gasteiger partial charge in [-0.3, -0.25) is 4.79 Å². The molecule has 222 valence electrons. The van der Waals surface area contributed by atoms with Gasteiger partial charge in [0.25, 0.3) is 0 Å². The van der Waals surface area contributed by atoms with E-state index in [1.54, 1.807) is 0 Å². The molecule has 4 heterocycles. The number of carbonyl (C=O) groups excluding carboxylic acids is 1. The summed E-state index contributed by atoms with van der Waals surface area (Å²) < 4.78 is 13.7. The fourth-order valence-electron chi connectivity index (χ4n) is 10.9.